The molecule has 0 saturated heterocycles. The molecule has 6 nitrogen and oxygen atoms in total. The van der Waals surface area contributed by atoms with Crippen molar-refractivity contribution in [2.24, 2.45) is 5.92 Å². The van der Waals surface area contributed by atoms with Crippen LogP contribution in [0.1, 0.15) is 43.2 Å². The zero-order valence-corrected chi connectivity index (χ0v) is 22.4. The average molecular weight is 546 g/mol. The predicted octanol–water partition coefficient (Wildman–Crippen LogP) is 6.57. The normalized spacial score (nSPS) is 19.9. The molecule has 0 bridgehead atoms. The molecule has 0 radical (unpaired) electrons. The second-order valence-corrected chi connectivity index (χ2v) is 9.94. The van der Waals surface area contributed by atoms with E-state index in [9.17, 15) is 14.3 Å². The molecule has 1 aliphatic rings. The second-order valence-electron chi connectivity index (χ2n) is 9.94. The summed E-state index contributed by atoms with van der Waals surface area (Å²) in [6.45, 7) is 0.667. The van der Waals surface area contributed by atoms with Crippen LogP contribution in [-0.2, 0) is 27.6 Å². The van der Waals surface area contributed by atoms with E-state index in [0.717, 1.165) is 27.8 Å². The SMILES string of the molecule is O=C(O)CCCC=CC[C@@H]1C(=CNOCc2ccc(F)cc2)[C@H](O)C[C@@H]1OCc1ccc(-c2ccccc2)cc1. The van der Waals surface area contributed by atoms with Crippen LogP contribution in [0.4, 0.5) is 4.39 Å². The summed E-state index contributed by atoms with van der Waals surface area (Å²) in [5.74, 6) is -1.17. The van der Waals surface area contributed by atoms with Crippen molar-refractivity contribution in [1.29, 1.82) is 0 Å². The van der Waals surface area contributed by atoms with Gasteiger partial charge in [0.1, 0.15) is 5.82 Å². The van der Waals surface area contributed by atoms with Gasteiger partial charge in [-0.15, -0.1) is 0 Å². The van der Waals surface area contributed by atoms with E-state index in [1.807, 2.05) is 30.4 Å². The second kappa shape index (κ2) is 15.1. The molecule has 3 atom stereocenters. The van der Waals surface area contributed by atoms with Gasteiger partial charge in [0.05, 0.1) is 25.4 Å². The van der Waals surface area contributed by atoms with Crippen LogP contribution in [0.25, 0.3) is 11.1 Å². The van der Waals surface area contributed by atoms with Gasteiger partial charge in [-0.25, -0.2) is 4.39 Å². The van der Waals surface area contributed by atoms with E-state index < -0.39 is 12.1 Å². The number of rotatable bonds is 14. The number of aliphatic hydroxyl groups excluding tert-OH is 1. The largest absolute Gasteiger partial charge is 0.481 e. The van der Waals surface area contributed by atoms with Crippen molar-refractivity contribution < 1.29 is 29.0 Å². The van der Waals surface area contributed by atoms with Crippen LogP contribution < -0.4 is 5.48 Å². The van der Waals surface area contributed by atoms with Crippen molar-refractivity contribution in [2.75, 3.05) is 0 Å². The first kappa shape index (κ1) is 29.2. The van der Waals surface area contributed by atoms with Crippen LogP contribution in [0.2, 0.25) is 0 Å². The maximum atomic E-state index is 13.1. The van der Waals surface area contributed by atoms with Crippen LogP contribution >= 0.6 is 0 Å². The third kappa shape index (κ3) is 8.88. The summed E-state index contributed by atoms with van der Waals surface area (Å²) in [5, 5.41) is 19.7. The number of allylic oxidation sites excluding steroid dienone is 2. The Morgan fingerprint density at radius 3 is 2.33 bits per heavy atom. The number of carbonyl (C=O) groups is 1. The molecule has 0 aromatic heterocycles. The molecular formula is C33H36FNO5. The van der Waals surface area contributed by atoms with E-state index in [-0.39, 0.29) is 30.9 Å². The molecule has 40 heavy (non-hydrogen) atoms. The number of benzene rings is 3. The molecule has 1 fully saturated rings. The first-order chi connectivity index (χ1) is 19.5. The fourth-order valence-corrected chi connectivity index (χ4v) is 4.83. The summed E-state index contributed by atoms with van der Waals surface area (Å²) in [5.41, 5.74) is 7.79. The van der Waals surface area contributed by atoms with E-state index in [2.05, 4.69) is 41.9 Å². The highest BCUT2D eigenvalue weighted by Crippen LogP contribution is 2.37. The minimum absolute atomic E-state index is 0.0729. The van der Waals surface area contributed by atoms with Crippen LogP contribution in [0.15, 0.2) is 103 Å². The number of carboxylic acids is 1. The van der Waals surface area contributed by atoms with Crippen LogP contribution in [0.5, 0.6) is 0 Å². The lowest BCUT2D eigenvalue weighted by molar-refractivity contribution is -0.137. The first-order valence-electron chi connectivity index (χ1n) is 13.6. The van der Waals surface area contributed by atoms with Gasteiger partial charge in [-0.2, -0.15) is 0 Å². The zero-order valence-electron chi connectivity index (χ0n) is 22.4. The van der Waals surface area contributed by atoms with E-state index >= 15 is 0 Å². The molecule has 210 valence electrons. The number of hydrogen-bond donors (Lipinski definition) is 3. The summed E-state index contributed by atoms with van der Waals surface area (Å²) in [6, 6.07) is 24.6. The fraction of sp³-hybridized carbons (Fsp3) is 0.303. The monoisotopic (exact) mass is 545 g/mol. The van der Waals surface area contributed by atoms with Crippen LogP contribution in [-0.4, -0.2) is 28.4 Å². The van der Waals surface area contributed by atoms with Gasteiger partial charge in [0, 0.05) is 25.0 Å². The number of hydrogen-bond acceptors (Lipinski definition) is 5. The topological polar surface area (TPSA) is 88.0 Å². The first-order valence-corrected chi connectivity index (χ1v) is 13.6. The van der Waals surface area contributed by atoms with Gasteiger partial charge in [0.2, 0.25) is 0 Å². The molecule has 3 aromatic rings. The lowest BCUT2D eigenvalue weighted by Crippen LogP contribution is -2.20. The highest BCUT2D eigenvalue weighted by atomic mass is 19.1. The summed E-state index contributed by atoms with van der Waals surface area (Å²) >= 11 is 0. The summed E-state index contributed by atoms with van der Waals surface area (Å²) in [4.78, 5) is 16.3. The fourth-order valence-electron chi connectivity index (χ4n) is 4.83. The van der Waals surface area contributed by atoms with E-state index in [0.29, 0.717) is 32.3 Å². The molecule has 0 aliphatic heterocycles. The minimum Gasteiger partial charge on any atom is -0.481 e. The van der Waals surface area contributed by atoms with Gasteiger partial charge >= 0.3 is 5.97 Å². The number of carboxylic acid groups (broad SMARTS) is 1. The number of aliphatic carboxylic acids is 1. The van der Waals surface area contributed by atoms with Gasteiger partial charge in [-0.05, 0) is 59.2 Å². The molecule has 0 heterocycles. The molecule has 1 saturated carbocycles. The Bertz CT molecular complexity index is 1260. The van der Waals surface area contributed by atoms with Gasteiger partial charge in [-0.1, -0.05) is 78.9 Å². The average Bonchev–Trinajstić information content (AvgIpc) is 3.27. The highest BCUT2D eigenvalue weighted by Gasteiger charge is 2.38. The van der Waals surface area contributed by atoms with E-state index in [1.54, 1.807) is 18.3 Å². The molecule has 0 unspecified atom stereocenters. The molecule has 4 rings (SSSR count). The molecule has 7 heteroatoms. The van der Waals surface area contributed by atoms with E-state index in [4.69, 9.17) is 14.7 Å². The van der Waals surface area contributed by atoms with Crippen LogP contribution in [0.3, 0.4) is 0 Å². The molecule has 1 aliphatic carbocycles. The number of nitrogens with one attached hydrogen (secondary N) is 1. The van der Waals surface area contributed by atoms with Crippen molar-refractivity contribution in [3.05, 3.63) is 120 Å². The van der Waals surface area contributed by atoms with E-state index in [1.165, 1.54) is 12.1 Å². The third-order valence-corrected chi connectivity index (χ3v) is 7.02. The Labute approximate surface area is 234 Å². The smallest absolute Gasteiger partial charge is 0.303 e. The maximum absolute atomic E-state index is 13.1. The molecular weight excluding hydrogens is 509 g/mol. The Morgan fingerprint density at radius 2 is 1.60 bits per heavy atom. The summed E-state index contributed by atoms with van der Waals surface area (Å²) in [6.07, 6.45) is 7.34. The lowest BCUT2D eigenvalue weighted by atomic mass is 9.96. The third-order valence-electron chi connectivity index (χ3n) is 7.02. The maximum Gasteiger partial charge on any atom is 0.303 e. The Hall–Kier alpha value is -3.78. The number of halogens is 1. The van der Waals surface area contributed by atoms with Crippen molar-refractivity contribution >= 4 is 5.97 Å². The zero-order chi connectivity index (χ0) is 28.2. The number of unbranched alkanes of at least 4 members (excludes halogenated alkanes) is 1. The van der Waals surface area contributed by atoms with Gasteiger partial charge < -0.3 is 14.9 Å². The molecule has 3 aromatic carbocycles. The molecule has 0 spiro atoms. The highest BCUT2D eigenvalue weighted by molar-refractivity contribution is 5.66. The van der Waals surface area contributed by atoms with Crippen molar-refractivity contribution in [1.82, 2.24) is 5.48 Å². The minimum atomic E-state index is -0.797. The quantitative estimate of drug-likeness (QED) is 0.121. The predicted molar refractivity (Wildman–Crippen MR) is 152 cm³/mol. The van der Waals surface area contributed by atoms with Crippen molar-refractivity contribution in [2.45, 2.75) is 57.5 Å². The Morgan fingerprint density at radius 1 is 0.925 bits per heavy atom. The lowest BCUT2D eigenvalue weighted by Gasteiger charge is -2.20. The number of hydroxylamine groups is 1. The van der Waals surface area contributed by atoms with Gasteiger partial charge in [0.25, 0.3) is 0 Å². The number of ether oxygens (including phenoxy) is 1. The summed E-state index contributed by atoms with van der Waals surface area (Å²) in [7, 11) is 0. The van der Waals surface area contributed by atoms with Crippen molar-refractivity contribution in [3.63, 3.8) is 0 Å². The number of aliphatic hydroxyl groups is 1. The molecule has 0 amide bonds. The Kier molecular flexibility index (Phi) is 11.0. The van der Waals surface area contributed by atoms with Gasteiger partial charge in [-0.3, -0.25) is 15.1 Å². The van der Waals surface area contributed by atoms with Gasteiger partial charge in [0.15, 0.2) is 0 Å². The summed E-state index contributed by atoms with van der Waals surface area (Å²) < 4.78 is 19.5. The molecule has 3 N–H and O–H groups in total. The standard InChI is InChI=1S/C33H36FNO5/c34-28-18-14-25(15-19-28)23-40-35-21-30-29(10-6-1-2-7-11-33(37)38)32(20-31(30)36)39-22-24-12-16-27(17-13-24)26-8-4-3-5-9-26/h1,3-6,8-9,12-19,21,29,31-32,35-36H,2,7,10-11,20,22-23H2,(H,37,38)/t29-,31-,32+/m1/s1. The Balaban J connectivity index is 1.37. The van der Waals surface area contributed by atoms with Crippen molar-refractivity contribution in [3.8, 4) is 11.1 Å². The van der Waals surface area contributed by atoms with Crippen LogP contribution in [0, 0.1) is 11.7 Å².